The minimum atomic E-state index is -0.997. The van der Waals surface area contributed by atoms with Crippen LogP contribution in [0.25, 0.3) is 0 Å². The topological polar surface area (TPSA) is 108 Å². The maximum atomic E-state index is 14.7. The van der Waals surface area contributed by atoms with Crippen molar-refractivity contribution in [1.29, 1.82) is 0 Å². The minimum Gasteiger partial charge on any atom is -0.508 e. The van der Waals surface area contributed by atoms with Gasteiger partial charge in [-0.3, -0.25) is 9.59 Å². The molecule has 2 rings (SSSR count). The molecule has 3 unspecified atom stereocenters. The number of carbonyl (C=O) groups is 3. The number of nitrogens with zero attached hydrogens (tertiary/aromatic N) is 1. The summed E-state index contributed by atoms with van der Waals surface area (Å²) in [5.41, 5.74) is 1.87. The number of alkyl carbamates (subject to hydrolysis) is 1. The lowest BCUT2D eigenvalue weighted by Gasteiger charge is -2.35. The maximum absolute atomic E-state index is 14.7. The van der Waals surface area contributed by atoms with E-state index in [4.69, 9.17) is 4.74 Å². The second-order valence-electron chi connectivity index (χ2n) is 13.1. The van der Waals surface area contributed by atoms with E-state index in [0.29, 0.717) is 6.54 Å². The molecule has 0 aromatic heterocycles. The van der Waals surface area contributed by atoms with Crippen LogP contribution < -0.4 is 10.6 Å². The van der Waals surface area contributed by atoms with Crippen molar-refractivity contribution >= 4 is 17.9 Å². The van der Waals surface area contributed by atoms with Crippen LogP contribution in [0.2, 0.25) is 0 Å². The number of rotatable bonds is 18. The van der Waals surface area contributed by atoms with Gasteiger partial charge in [-0.25, -0.2) is 4.79 Å². The molecule has 0 aliphatic carbocycles. The summed E-state index contributed by atoms with van der Waals surface area (Å²) < 4.78 is 5.55. The maximum Gasteiger partial charge on any atom is 0.408 e. The first-order valence-electron chi connectivity index (χ1n) is 16.9. The van der Waals surface area contributed by atoms with E-state index >= 15 is 0 Å². The van der Waals surface area contributed by atoms with Gasteiger partial charge in [-0.2, -0.15) is 0 Å². The highest BCUT2D eigenvalue weighted by Gasteiger charge is 2.36. The quantitative estimate of drug-likeness (QED) is 0.148. The lowest BCUT2D eigenvalue weighted by atomic mass is 9.98. The van der Waals surface area contributed by atoms with E-state index in [9.17, 15) is 19.5 Å². The van der Waals surface area contributed by atoms with Crippen molar-refractivity contribution in [2.75, 3.05) is 6.54 Å². The summed E-state index contributed by atoms with van der Waals surface area (Å²) in [5.74, 6) is -0.481. The monoisotopic (exact) mass is 623 g/mol. The molecule has 0 saturated heterocycles. The van der Waals surface area contributed by atoms with E-state index in [-0.39, 0.29) is 30.0 Å². The normalized spacial score (nSPS) is 13.4. The van der Waals surface area contributed by atoms with E-state index < -0.39 is 23.8 Å². The van der Waals surface area contributed by atoms with Crippen molar-refractivity contribution in [2.24, 2.45) is 0 Å². The molecule has 3 atom stereocenters. The van der Waals surface area contributed by atoms with E-state index in [2.05, 4.69) is 31.4 Å². The lowest BCUT2D eigenvalue weighted by molar-refractivity contribution is -0.142. The SMILES string of the molecule is CCCCCCCCN(C(=O)C(Cc1ccc(O)cc1)NC(=O)OC(C)(C)C)C(C(=O)NC(C)CCC)c1ccc(CC)cc1. The zero-order chi connectivity index (χ0) is 33.4. The molecule has 0 fully saturated rings. The minimum absolute atomic E-state index is 0.0569. The molecule has 45 heavy (non-hydrogen) atoms. The fourth-order valence-electron chi connectivity index (χ4n) is 5.38. The molecular formula is C37H57N3O5. The second-order valence-corrected chi connectivity index (χ2v) is 13.1. The largest absolute Gasteiger partial charge is 0.508 e. The second kappa shape index (κ2) is 19.1. The number of aromatic hydroxyl groups is 1. The molecule has 2 aromatic carbocycles. The van der Waals surface area contributed by atoms with Crippen LogP contribution in [-0.2, 0) is 27.2 Å². The van der Waals surface area contributed by atoms with Crippen LogP contribution in [0.5, 0.6) is 5.75 Å². The Balaban J connectivity index is 2.56. The molecular weight excluding hydrogens is 566 g/mol. The van der Waals surface area contributed by atoms with Gasteiger partial charge in [0.2, 0.25) is 11.8 Å². The number of phenols is 1. The van der Waals surface area contributed by atoms with Crippen molar-refractivity contribution in [3.8, 4) is 5.75 Å². The first-order chi connectivity index (χ1) is 21.4. The van der Waals surface area contributed by atoms with Crippen LogP contribution in [0.4, 0.5) is 4.79 Å². The van der Waals surface area contributed by atoms with Crippen molar-refractivity contribution in [1.82, 2.24) is 15.5 Å². The molecule has 3 N–H and O–H groups in total. The van der Waals surface area contributed by atoms with Gasteiger partial charge in [0.05, 0.1) is 0 Å². The Morgan fingerprint density at radius 3 is 2.00 bits per heavy atom. The third-order valence-electron chi connectivity index (χ3n) is 7.77. The van der Waals surface area contributed by atoms with Gasteiger partial charge in [-0.05, 0) is 75.8 Å². The summed E-state index contributed by atoms with van der Waals surface area (Å²) in [6.45, 7) is 14.0. The highest BCUT2D eigenvalue weighted by Crippen LogP contribution is 2.26. The van der Waals surface area contributed by atoms with Gasteiger partial charge in [-0.1, -0.05) is 95.7 Å². The predicted molar refractivity (Wildman–Crippen MR) is 181 cm³/mol. The molecule has 8 nitrogen and oxygen atoms in total. The number of benzene rings is 2. The van der Waals surface area contributed by atoms with Gasteiger partial charge >= 0.3 is 6.09 Å². The average Bonchev–Trinajstić information content (AvgIpc) is 2.98. The third kappa shape index (κ3) is 13.5. The van der Waals surface area contributed by atoms with Crippen molar-refractivity contribution in [2.45, 2.75) is 136 Å². The van der Waals surface area contributed by atoms with Crippen LogP contribution in [0.1, 0.15) is 123 Å². The van der Waals surface area contributed by atoms with Crippen molar-refractivity contribution < 1.29 is 24.2 Å². The number of carbonyl (C=O) groups excluding carboxylic acids is 3. The highest BCUT2D eigenvalue weighted by atomic mass is 16.6. The highest BCUT2D eigenvalue weighted by molar-refractivity contribution is 5.92. The Morgan fingerprint density at radius 2 is 1.42 bits per heavy atom. The molecule has 0 heterocycles. The molecule has 0 saturated carbocycles. The van der Waals surface area contributed by atoms with Gasteiger partial charge < -0.3 is 25.4 Å². The van der Waals surface area contributed by atoms with Crippen LogP contribution in [0, 0.1) is 0 Å². The summed E-state index contributed by atoms with van der Waals surface area (Å²) in [6, 6.07) is 12.5. The van der Waals surface area contributed by atoms with Crippen LogP contribution in [-0.4, -0.2) is 52.1 Å². The van der Waals surface area contributed by atoms with Gasteiger partial charge in [0.1, 0.15) is 23.4 Å². The summed E-state index contributed by atoms with van der Waals surface area (Å²) in [4.78, 5) is 43.4. The van der Waals surface area contributed by atoms with E-state index in [0.717, 1.165) is 68.1 Å². The summed E-state index contributed by atoms with van der Waals surface area (Å²) in [7, 11) is 0. The lowest BCUT2D eigenvalue weighted by Crippen LogP contribution is -2.54. The number of unbranched alkanes of at least 4 members (excludes halogenated alkanes) is 5. The Kier molecular flexibility index (Phi) is 16.0. The average molecular weight is 624 g/mol. The molecule has 2 aromatic rings. The van der Waals surface area contributed by atoms with E-state index in [1.807, 2.05) is 31.2 Å². The van der Waals surface area contributed by atoms with E-state index in [1.54, 1.807) is 49.9 Å². The Morgan fingerprint density at radius 1 is 0.822 bits per heavy atom. The summed E-state index contributed by atoms with van der Waals surface area (Å²) in [6.07, 6.45) is 8.23. The molecule has 0 radical (unpaired) electrons. The molecule has 3 amide bonds. The zero-order valence-corrected chi connectivity index (χ0v) is 28.7. The molecule has 250 valence electrons. The first kappa shape index (κ1) is 37.6. The van der Waals surface area contributed by atoms with Gasteiger partial charge in [0, 0.05) is 19.0 Å². The molecule has 8 heteroatoms. The number of hydrogen-bond acceptors (Lipinski definition) is 5. The fraction of sp³-hybridized carbons (Fsp3) is 0.595. The number of phenolic OH excluding ortho intramolecular Hbond substituents is 1. The van der Waals surface area contributed by atoms with E-state index in [1.165, 1.54) is 6.42 Å². The molecule has 0 spiro atoms. The third-order valence-corrected chi connectivity index (χ3v) is 7.77. The van der Waals surface area contributed by atoms with Crippen LogP contribution >= 0.6 is 0 Å². The number of hydrogen-bond donors (Lipinski definition) is 3. The first-order valence-corrected chi connectivity index (χ1v) is 16.9. The van der Waals surface area contributed by atoms with Crippen LogP contribution in [0.15, 0.2) is 48.5 Å². The Labute approximate surface area is 271 Å². The Bertz CT molecular complexity index is 1170. The number of amides is 3. The van der Waals surface area contributed by atoms with Gasteiger partial charge in [0.15, 0.2) is 0 Å². The summed E-state index contributed by atoms with van der Waals surface area (Å²) >= 11 is 0. The number of aryl methyl sites for hydroxylation is 1. The van der Waals surface area contributed by atoms with Crippen molar-refractivity contribution in [3.05, 3.63) is 65.2 Å². The van der Waals surface area contributed by atoms with Gasteiger partial charge in [0.25, 0.3) is 0 Å². The Hall–Kier alpha value is -3.55. The molecule has 0 bridgehead atoms. The fourth-order valence-corrected chi connectivity index (χ4v) is 5.38. The number of nitrogens with one attached hydrogen (secondary N) is 2. The van der Waals surface area contributed by atoms with Crippen LogP contribution in [0.3, 0.4) is 0 Å². The zero-order valence-electron chi connectivity index (χ0n) is 28.7. The van der Waals surface area contributed by atoms with Gasteiger partial charge in [-0.15, -0.1) is 0 Å². The standard InChI is InChI=1S/C37H57N3O5/c1-8-11-12-13-14-15-25-40(33(34(42)38-27(4)16-9-2)30-21-17-28(10-3)18-22-30)35(43)32(39-36(44)45-37(5,6)7)26-29-19-23-31(41)24-20-29/h17-24,27,32-33,41H,8-16,25-26H2,1-7H3,(H,38,42)(H,39,44). The number of ether oxygens (including phenoxy) is 1. The smallest absolute Gasteiger partial charge is 0.408 e. The summed E-state index contributed by atoms with van der Waals surface area (Å²) in [5, 5.41) is 15.8. The molecule has 0 aliphatic rings. The molecule has 0 aliphatic heterocycles. The predicted octanol–water partition coefficient (Wildman–Crippen LogP) is 7.63. The van der Waals surface area contributed by atoms with Crippen molar-refractivity contribution in [3.63, 3.8) is 0 Å².